The maximum absolute atomic E-state index is 12.0. The molecule has 0 spiro atoms. The van der Waals surface area contributed by atoms with Crippen LogP contribution in [0, 0.1) is 5.92 Å². The molecule has 0 aromatic rings. The van der Waals surface area contributed by atoms with E-state index in [4.69, 9.17) is 4.74 Å². The van der Waals surface area contributed by atoms with Crippen LogP contribution < -0.4 is 5.32 Å². The number of halogens is 1. The Morgan fingerprint density at radius 2 is 2.00 bits per heavy atom. The van der Waals surface area contributed by atoms with Crippen molar-refractivity contribution < 1.29 is 9.53 Å². The van der Waals surface area contributed by atoms with E-state index in [0.29, 0.717) is 19.1 Å². The first kappa shape index (κ1) is 18.6. The maximum Gasteiger partial charge on any atom is 0.236 e. The zero-order valence-corrected chi connectivity index (χ0v) is 13.2. The van der Waals surface area contributed by atoms with Gasteiger partial charge in [-0.2, -0.15) is 0 Å². The normalized spacial score (nSPS) is 15.7. The predicted octanol–water partition coefficient (Wildman–Crippen LogP) is 0.444. The average Bonchev–Trinajstić information content (AvgIpc) is 2.35. The lowest BCUT2D eigenvalue weighted by Crippen LogP contribution is -2.49. The molecule has 0 aliphatic carbocycles. The molecule has 0 saturated carbocycles. The van der Waals surface area contributed by atoms with Gasteiger partial charge in [0.2, 0.25) is 5.91 Å². The number of ether oxygens (including phenoxy) is 1. The van der Waals surface area contributed by atoms with Gasteiger partial charge in [0.05, 0.1) is 13.2 Å². The molecule has 0 aromatic heterocycles. The van der Waals surface area contributed by atoms with Crippen molar-refractivity contribution in [1.82, 2.24) is 15.1 Å². The van der Waals surface area contributed by atoms with E-state index in [-0.39, 0.29) is 18.3 Å². The highest BCUT2D eigenvalue weighted by molar-refractivity contribution is 5.85. The van der Waals surface area contributed by atoms with Crippen LogP contribution in [0.3, 0.4) is 0 Å². The van der Waals surface area contributed by atoms with E-state index >= 15 is 0 Å². The number of hydrogen-bond acceptors (Lipinski definition) is 4. The van der Waals surface area contributed by atoms with Gasteiger partial charge < -0.3 is 15.0 Å². The van der Waals surface area contributed by atoms with Crippen LogP contribution in [0.1, 0.15) is 13.8 Å². The summed E-state index contributed by atoms with van der Waals surface area (Å²) in [6.45, 7) is 10.5. The van der Waals surface area contributed by atoms with Crippen LogP contribution in [0.4, 0.5) is 0 Å². The fourth-order valence-corrected chi connectivity index (χ4v) is 1.86. The third kappa shape index (κ3) is 8.42. The smallest absolute Gasteiger partial charge is 0.236 e. The van der Waals surface area contributed by atoms with Gasteiger partial charge in [-0.25, -0.2) is 0 Å². The molecule has 1 fully saturated rings. The van der Waals surface area contributed by atoms with Gasteiger partial charge in [0.25, 0.3) is 0 Å². The summed E-state index contributed by atoms with van der Waals surface area (Å²) >= 11 is 0. The van der Waals surface area contributed by atoms with Crippen LogP contribution in [0.5, 0.6) is 0 Å². The average molecular weight is 294 g/mol. The molecule has 1 amide bonds. The molecule has 1 rings (SSSR count). The Morgan fingerprint density at radius 1 is 1.37 bits per heavy atom. The molecule has 1 aliphatic rings. The number of carbonyl (C=O) groups excluding carboxylic acids is 1. The van der Waals surface area contributed by atoms with Crippen molar-refractivity contribution in [2.75, 3.05) is 59.5 Å². The predicted molar refractivity (Wildman–Crippen MR) is 79.9 cm³/mol. The number of amides is 1. The quantitative estimate of drug-likeness (QED) is 0.692. The van der Waals surface area contributed by atoms with Gasteiger partial charge in [-0.15, -0.1) is 12.4 Å². The van der Waals surface area contributed by atoms with Crippen molar-refractivity contribution in [3.63, 3.8) is 0 Å². The SMILES string of the molecule is CC(C)COCCN(C)CC(=O)N1CCNCC1.Cl. The number of piperazine rings is 1. The molecule has 1 aliphatic heterocycles. The fraction of sp³-hybridized carbons (Fsp3) is 0.923. The highest BCUT2D eigenvalue weighted by atomic mass is 35.5. The van der Waals surface area contributed by atoms with E-state index in [2.05, 4.69) is 19.2 Å². The summed E-state index contributed by atoms with van der Waals surface area (Å²) in [7, 11) is 1.97. The summed E-state index contributed by atoms with van der Waals surface area (Å²) < 4.78 is 5.52. The fourth-order valence-electron chi connectivity index (χ4n) is 1.86. The van der Waals surface area contributed by atoms with Gasteiger partial charge in [-0.1, -0.05) is 13.8 Å². The molecule has 1 N–H and O–H groups in total. The molecule has 0 aromatic carbocycles. The van der Waals surface area contributed by atoms with Gasteiger partial charge in [-0.3, -0.25) is 9.69 Å². The minimum Gasteiger partial charge on any atom is -0.380 e. The number of rotatable bonds is 7. The molecular formula is C13H28ClN3O2. The highest BCUT2D eigenvalue weighted by Crippen LogP contribution is 1.96. The van der Waals surface area contributed by atoms with Gasteiger partial charge in [0.1, 0.15) is 0 Å². The largest absolute Gasteiger partial charge is 0.380 e. The third-order valence-electron chi connectivity index (χ3n) is 2.94. The maximum atomic E-state index is 12.0. The lowest BCUT2D eigenvalue weighted by Gasteiger charge is -2.29. The standard InChI is InChI=1S/C13H27N3O2.ClH/c1-12(2)11-18-9-8-15(3)10-13(17)16-6-4-14-5-7-16;/h12,14H,4-11H2,1-3H3;1H. The van der Waals surface area contributed by atoms with E-state index in [1.54, 1.807) is 0 Å². The molecule has 0 radical (unpaired) electrons. The molecule has 114 valence electrons. The van der Waals surface area contributed by atoms with Crippen molar-refractivity contribution in [3.8, 4) is 0 Å². The second-order valence-corrected chi connectivity index (χ2v) is 5.34. The molecule has 0 bridgehead atoms. The Hall–Kier alpha value is -0.360. The number of carbonyl (C=O) groups is 1. The Bertz CT molecular complexity index is 246. The second-order valence-electron chi connectivity index (χ2n) is 5.34. The number of likely N-dealkylation sites (N-methyl/N-ethyl adjacent to an activating group) is 1. The second kappa shape index (κ2) is 10.4. The van der Waals surface area contributed by atoms with Crippen molar-refractivity contribution in [3.05, 3.63) is 0 Å². The van der Waals surface area contributed by atoms with E-state index in [1.165, 1.54) is 0 Å². The lowest BCUT2D eigenvalue weighted by atomic mass is 10.2. The summed E-state index contributed by atoms with van der Waals surface area (Å²) in [5, 5.41) is 3.25. The molecule has 5 nitrogen and oxygen atoms in total. The first-order valence-electron chi connectivity index (χ1n) is 6.84. The van der Waals surface area contributed by atoms with Crippen LogP contribution in [0.2, 0.25) is 0 Å². The topological polar surface area (TPSA) is 44.8 Å². The van der Waals surface area contributed by atoms with Crippen molar-refractivity contribution in [2.24, 2.45) is 5.92 Å². The number of hydrogen-bond donors (Lipinski definition) is 1. The zero-order valence-electron chi connectivity index (χ0n) is 12.4. The van der Waals surface area contributed by atoms with Gasteiger partial charge in [0, 0.05) is 39.3 Å². The Kier molecular flexibility index (Phi) is 10.2. The first-order valence-corrected chi connectivity index (χ1v) is 6.84. The Labute approximate surface area is 123 Å². The minimum atomic E-state index is 0. The number of nitrogens with zero attached hydrogens (tertiary/aromatic N) is 2. The van der Waals surface area contributed by atoms with E-state index < -0.39 is 0 Å². The van der Waals surface area contributed by atoms with E-state index in [9.17, 15) is 4.79 Å². The van der Waals surface area contributed by atoms with Gasteiger partial charge in [-0.05, 0) is 13.0 Å². The molecule has 6 heteroatoms. The monoisotopic (exact) mass is 293 g/mol. The van der Waals surface area contributed by atoms with Crippen LogP contribution in [0.25, 0.3) is 0 Å². The van der Waals surface area contributed by atoms with Crippen molar-refractivity contribution in [1.29, 1.82) is 0 Å². The highest BCUT2D eigenvalue weighted by Gasteiger charge is 2.17. The summed E-state index contributed by atoms with van der Waals surface area (Å²) in [4.78, 5) is 15.9. The summed E-state index contributed by atoms with van der Waals surface area (Å²) in [5.41, 5.74) is 0. The molecular weight excluding hydrogens is 266 g/mol. The molecule has 1 heterocycles. The Morgan fingerprint density at radius 3 is 2.58 bits per heavy atom. The van der Waals surface area contributed by atoms with Crippen LogP contribution in [-0.2, 0) is 9.53 Å². The van der Waals surface area contributed by atoms with E-state index in [1.807, 2.05) is 16.8 Å². The Balaban J connectivity index is 0.00000324. The summed E-state index contributed by atoms with van der Waals surface area (Å²) in [6.07, 6.45) is 0. The van der Waals surface area contributed by atoms with Gasteiger partial charge in [0.15, 0.2) is 0 Å². The first-order chi connectivity index (χ1) is 8.59. The van der Waals surface area contributed by atoms with Gasteiger partial charge >= 0.3 is 0 Å². The molecule has 1 saturated heterocycles. The van der Waals surface area contributed by atoms with Crippen LogP contribution in [0.15, 0.2) is 0 Å². The van der Waals surface area contributed by atoms with Crippen molar-refractivity contribution in [2.45, 2.75) is 13.8 Å². The van der Waals surface area contributed by atoms with E-state index in [0.717, 1.165) is 39.3 Å². The molecule has 0 unspecified atom stereocenters. The zero-order chi connectivity index (χ0) is 13.4. The lowest BCUT2D eigenvalue weighted by molar-refractivity contribution is -0.132. The third-order valence-corrected chi connectivity index (χ3v) is 2.94. The van der Waals surface area contributed by atoms with Crippen LogP contribution in [-0.4, -0.2) is 75.2 Å². The minimum absolute atomic E-state index is 0. The number of nitrogens with one attached hydrogen (secondary N) is 1. The molecule has 19 heavy (non-hydrogen) atoms. The summed E-state index contributed by atoms with van der Waals surface area (Å²) in [5.74, 6) is 0.792. The van der Waals surface area contributed by atoms with Crippen molar-refractivity contribution >= 4 is 18.3 Å². The molecule has 0 atom stereocenters. The summed E-state index contributed by atoms with van der Waals surface area (Å²) in [6, 6.07) is 0. The van der Waals surface area contributed by atoms with Crippen LogP contribution >= 0.6 is 12.4 Å².